The molecular weight excluding hydrogens is 328 g/mol. The van der Waals surface area contributed by atoms with E-state index in [9.17, 15) is 14.7 Å². The van der Waals surface area contributed by atoms with Gasteiger partial charge in [-0.15, -0.1) is 0 Å². The van der Waals surface area contributed by atoms with Gasteiger partial charge in [0.2, 0.25) is 0 Å². The molecule has 3 aliphatic rings. The van der Waals surface area contributed by atoms with Gasteiger partial charge in [-0.1, -0.05) is 33.8 Å². The monoisotopic (exact) mass is 360 g/mol. The molecule has 3 rings (SSSR count). The lowest BCUT2D eigenvalue weighted by Crippen LogP contribution is -2.56. The van der Waals surface area contributed by atoms with Crippen LogP contribution in [0.2, 0.25) is 0 Å². The molecule has 4 heteroatoms. The third-order valence-corrected chi connectivity index (χ3v) is 7.30. The Balaban J connectivity index is 2.10. The fraction of sp³-hybridized carbons (Fsp3) is 0.727. The van der Waals surface area contributed by atoms with Crippen molar-refractivity contribution in [1.82, 2.24) is 0 Å². The Bertz CT molecular complexity index is 674. The van der Waals surface area contributed by atoms with E-state index in [1.54, 1.807) is 0 Å². The molecule has 0 spiro atoms. The van der Waals surface area contributed by atoms with Crippen LogP contribution >= 0.6 is 0 Å². The highest BCUT2D eigenvalue weighted by atomic mass is 16.5. The maximum atomic E-state index is 12.8. The molecule has 0 aromatic rings. The molecule has 0 aliphatic heterocycles. The normalized spacial score (nSPS) is 39.7. The lowest BCUT2D eigenvalue weighted by Gasteiger charge is -2.58. The summed E-state index contributed by atoms with van der Waals surface area (Å²) in [7, 11) is 0. The van der Waals surface area contributed by atoms with E-state index < -0.39 is 5.41 Å². The van der Waals surface area contributed by atoms with Crippen molar-refractivity contribution in [1.29, 1.82) is 0 Å². The van der Waals surface area contributed by atoms with Gasteiger partial charge in [0, 0.05) is 24.9 Å². The zero-order chi connectivity index (χ0) is 19.3. The SMILES string of the molecule is CC(=O)OC1CC[C@@](C)(CO)[C@@H]2CC=C3C[C@@H](C(C)C)C(=O)C=C3[C@@]12C. The second-order valence-corrected chi connectivity index (χ2v) is 9.26. The van der Waals surface area contributed by atoms with Crippen molar-refractivity contribution in [3.8, 4) is 0 Å². The van der Waals surface area contributed by atoms with Crippen LogP contribution < -0.4 is 0 Å². The largest absolute Gasteiger partial charge is 0.462 e. The summed E-state index contributed by atoms with van der Waals surface area (Å²) in [6.07, 6.45) is 7.01. The average molecular weight is 360 g/mol. The molecule has 0 heterocycles. The number of rotatable bonds is 3. The number of aliphatic hydroxyl groups excluding tert-OH is 1. The molecule has 0 bridgehead atoms. The van der Waals surface area contributed by atoms with Crippen molar-refractivity contribution in [3.63, 3.8) is 0 Å². The number of allylic oxidation sites excluding steroid dienone is 3. The predicted molar refractivity (Wildman–Crippen MR) is 100 cm³/mol. The lowest BCUT2D eigenvalue weighted by molar-refractivity contribution is -0.167. The first-order valence-corrected chi connectivity index (χ1v) is 9.87. The van der Waals surface area contributed by atoms with Crippen LogP contribution in [0.25, 0.3) is 0 Å². The van der Waals surface area contributed by atoms with E-state index >= 15 is 0 Å². The van der Waals surface area contributed by atoms with Gasteiger partial charge in [-0.3, -0.25) is 9.59 Å². The first-order valence-electron chi connectivity index (χ1n) is 9.87. The van der Waals surface area contributed by atoms with E-state index in [2.05, 4.69) is 33.8 Å². The molecule has 4 nitrogen and oxygen atoms in total. The Kier molecular flexibility index (Phi) is 4.93. The van der Waals surface area contributed by atoms with Crippen molar-refractivity contribution in [2.45, 2.75) is 66.4 Å². The van der Waals surface area contributed by atoms with Crippen molar-refractivity contribution >= 4 is 11.8 Å². The predicted octanol–water partition coefficient (Wildman–Crippen LogP) is 3.83. The van der Waals surface area contributed by atoms with E-state index in [1.165, 1.54) is 12.5 Å². The molecule has 1 saturated carbocycles. The first kappa shape index (κ1) is 19.3. The second-order valence-electron chi connectivity index (χ2n) is 9.26. The highest BCUT2D eigenvalue weighted by molar-refractivity contribution is 5.95. The standard InChI is InChI=1S/C22H32O4/c1-13(2)16-10-15-6-7-19-21(4,12-23)9-8-20(26-14(3)24)22(19,5)17(15)11-18(16)25/h6,11,13,16,19-20,23H,7-10,12H2,1-5H3/t16-,19-,20?,21-,22+/m0/s1. The van der Waals surface area contributed by atoms with Crippen LogP contribution in [0.4, 0.5) is 0 Å². The van der Waals surface area contributed by atoms with Crippen LogP contribution in [-0.4, -0.2) is 29.6 Å². The maximum absolute atomic E-state index is 12.8. The topological polar surface area (TPSA) is 63.6 Å². The summed E-state index contributed by atoms with van der Waals surface area (Å²) in [5.74, 6) is 0.403. The Morgan fingerprint density at radius 1 is 1.38 bits per heavy atom. The van der Waals surface area contributed by atoms with Crippen LogP contribution in [0.15, 0.2) is 23.3 Å². The van der Waals surface area contributed by atoms with Gasteiger partial charge in [-0.05, 0) is 60.2 Å². The van der Waals surface area contributed by atoms with Crippen LogP contribution in [0.3, 0.4) is 0 Å². The van der Waals surface area contributed by atoms with Crippen molar-refractivity contribution in [3.05, 3.63) is 23.3 Å². The van der Waals surface area contributed by atoms with E-state index in [4.69, 9.17) is 4.74 Å². The zero-order valence-corrected chi connectivity index (χ0v) is 16.7. The van der Waals surface area contributed by atoms with E-state index in [0.29, 0.717) is 5.92 Å². The summed E-state index contributed by atoms with van der Waals surface area (Å²) >= 11 is 0. The molecule has 3 aliphatic carbocycles. The molecule has 0 amide bonds. The molecule has 144 valence electrons. The first-order chi connectivity index (χ1) is 12.1. The minimum Gasteiger partial charge on any atom is -0.462 e. The fourth-order valence-corrected chi connectivity index (χ4v) is 5.65. The Morgan fingerprint density at radius 3 is 2.65 bits per heavy atom. The summed E-state index contributed by atoms with van der Waals surface area (Å²) in [5.41, 5.74) is 1.62. The molecule has 0 aromatic heterocycles. The zero-order valence-electron chi connectivity index (χ0n) is 16.7. The molecule has 0 aromatic carbocycles. The molecule has 1 fully saturated rings. The van der Waals surface area contributed by atoms with Gasteiger partial charge >= 0.3 is 5.97 Å². The molecular formula is C22H32O4. The van der Waals surface area contributed by atoms with Gasteiger partial charge in [0.25, 0.3) is 0 Å². The number of fused-ring (bicyclic) bond motifs is 3. The molecule has 26 heavy (non-hydrogen) atoms. The maximum Gasteiger partial charge on any atom is 0.302 e. The van der Waals surface area contributed by atoms with E-state index in [-0.39, 0.29) is 41.7 Å². The summed E-state index contributed by atoms with van der Waals surface area (Å²) < 4.78 is 5.76. The van der Waals surface area contributed by atoms with Crippen molar-refractivity contribution in [2.24, 2.45) is 28.6 Å². The van der Waals surface area contributed by atoms with Gasteiger partial charge in [0.05, 0.1) is 0 Å². The summed E-state index contributed by atoms with van der Waals surface area (Å²) in [4.78, 5) is 24.6. The van der Waals surface area contributed by atoms with Crippen molar-refractivity contribution in [2.75, 3.05) is 6.61 Å². The second kappa shape index (κ2) is 6.63. The third-order valence-electron chi connectivity index (χ3n) is 7.30. The van der Waals surface area contributed by atoms with Crippen LogP contribution in [0.5, 0.6) is 0 Å². The minimum absolute atomic E-state index is 0.0325. The number of hydrogen-bond acceptors (Lipinski definition) is 4. The number of hydrogen-bond donors (Lipinski definition) is 1. The summed E-state index contributed by atoms with van der Waals surface area (Å²) in [5, 5.41) is 10.1. The average Bonchev–Trinajstić information content (AvgIpc) is 2.57. The highest BCUT2D eigenvalue weighted by Gasteiger charge is 2.58. The van der Waals surface area contributed by atoms with E-state index in [1.807, 2.05) is 6.08 Å². The Morgan fingerprint density at radius 2 is 2.08 bits per heavy atom. The molecule has 5 atom stereocenters. The molecule has 0 saturated heterocycles. The van der Waals surface area contributed by atoms with Gasteiger partial charge in [-0.2, -0.15) is 0 Å². The third kappa shape index (κ3) is 2.87. The molecule has 1 unspecified atom stereocenters. The van der Waals surface area contributed by atoms with Crippen LogP contribution in [0, 0.1) is 28.6 Å². The van der Waals surface area contributed by atoms with Gasteiger partial charge in [-0.25, -0.2) is 0 Å². The molecule has 1 N–H and O–H groups in total. The lowest BCUT2D eigenvalue weighted by atomic mass is 9.48. The number of aliphatic hydroxyl groups is 1. The number of carbonyl (C=O) groups excluding carboxylic acids is 2. The molecule has 0 radical (unpaired) electrons. The van der Waals surface area contributed by atoms with Crippen LogP contribution in [-0.2, 0) is 14.3 Å². The number of ketones is 1. The van der Waals surface area contributed by atoms with Crippen molar-refractivity contribution < 1.29 is 19.4 Å². The Hall–Kier alpha value is -1.42. The smallest absolute Gasteiger partial charge is 0.302 e. The van der Waals surface area contributed by atoms with Gasteiger partial charge in [0.15, 0.2) is 5.78 Å². The van der Waals surface area contributed by atoms with Gasteiger partial charge in [0.1, 0.15) is 6.10 Å². The number of carbonyl (C=O) groups is 2. The number of ether oxygens (including phenoxy) is 1. The highest BCUT2D eigenvalue weighted by Crippen LogP contribution is 2.61. The fourth-order valence-electron chi connectivity index (χ4n) is 5.65. The summed E-state index contributed by atoms with van der Waals surface area (Å²) in [6.45, 7) is 10.0. The quantitative estimate of drug-likeness (QED) is 0.777. The van der Waals surface area contributed by atoms with E-state index in [0.717, 1.165) is 31.3 Å². The van der Waals surface area contributed by atoms with Crippen LogP contribution in [0.1, 0.15) is 60.3 Å². The minimum atomic E-state index is -0.427. The summed E-state index contributed by atoms with van der Waals surface area (Å²) in [6, 6.07) is 0. The number of esters is 1. The Labute approximate surface area is 156 Å². The van der Waals surface area contributed by atoms with Gasteiger partial charge < -0.3 is 9.84 Å².